The van der Waals surface area contributed by atoms with E-state index in [9.17, 15) is 0 Å². The second-order valence-electron chi connectivity index (χ2n) is 5.20. The maximum absolute atomic E-state index is 5.17. The summed E-state index contributed by atoms with van der Waals surface area (Å²) < 4.78 is 5.17. The van der Waals surface area contributed by atoms with Crippen molar-refractivity contribution in [2.24, 2.45) is 5.92 Å². The Morgan fingerprint density at radius 1 is 1.25 bits per heavy atom. The van der Waals surface area contributed by atoms with Crippen molar-refractivity contribution in [3.8, 4) is 17.0 Å². The van der Waals surface area contributed by atoms with E-state index in [1.165, 1.54) is 5.01 Å². The van der Waals surface area contributed by atoms with Gasteiger partial charge in [-0.05, 0) is 36.7 Å². The van der Waals surface area contributed by atoms with Gasteiger partial charge in [-0.2, -0.15) is 0 Å². The summed E-state index contributed by atoms with van der Waals surface area (Å²) in [6.07, 6.45) is 0.994. The lowest BCUT2D eigenvalue weighted by molar-refractivity contribution is 0.415. The Hall–Kier alpha value is -1.39. The average molecular weight is 290 g/mol. The maximum atomic E-state index is 5.17. The van der Waals surface area contributed by atoms with Crippen molar-refractivity contribution in [1.82, 2.24) is 10.3 Å². The minimum atomic E-state index is 0.696. The molecule has 3 nitrogen and oxygen atoms in total. The standard InChI is InChI=1S/C16H22N2OS/c1-12(2)10-17-9-8-16-18-15(11-20-16)13-4-6-14(19-3)7-5-13/h4-7,11-12,17H,8-10H2,1-3H3. The molecule has 1 aromatic heterocycles. The highest BCUT2D eigenvalue weighted by atomic mass is 32.1. The number of rotatable bonds is 7. The number of thiazole rings is 1. The highest BCUT2D eigenvalue weighted by Crippen LogP contribution is 2.24. The Morgan fingerprint density at radius 3 is 2.65 bits per heavy atom. The first-order chi connectivity index (χ1) is 9.69. The summed E-state index contributed by atoms with van der Waals surface area (Å²) in [5.74, 6) is 1.57. The normalized spacial score (nSPS) is 11.0. The van der Waals surface area contributed by atoms with Crippen LogP contribution < -0.4 is 10.1 Å². The van der Waals surface area contributed by atoms with Gasteiger partial charge in [-0.25, -0.2) is 4.98 Å². The molecule has 108 valence electrons. The predicted molar refractivity (Wildman–Crippen MR) is 85.5 cm³/mol. The first-order valence-electron chi connectivity index (χ1n) is 6.98. The zero-order valence-electron chi connectivity index (χ0n) is 12.3. The van der Waals surface area contributed by atoms with Crippen molar-refractivity contribution in [2.45, 2.75) is 20.3 Å². The molecule has 0 saturated heterocycles. The van der Waals surface area contributed by atoms with Crippen molar-refractivity contribution in [1.29, 1.82) is 0 Å². The number of hydrogen-bond donors (Lipinski definition) is 1. The van der Waals surface area contributed by atoms with Crippen LogP contribution in [0.1, 0.15) is 18.9 Å². The number of nitrogens with one attached hydrogen (secondary N) is 1. The summed E-state index contributed by atoms with van der Waals surface area (Å²) in [6.45, 7) is 6.50. The predicted octanol–water partition coefficient (Wildman–Crippen LogP) is 3.61. The van der Waals surface area contributed by atoms with Crippen LogP contribution in [0.2, 0.25) is 0 Å². The number of hydrogen-bond acceptors (Lipinski definition) is 4. The Balaban J connectivity index is 1.90. The Kier molecular flexibility index (Phi) is 5.56. The number of ether oxygens (including phenoxy) is 1. The summed E-state index contributed by atoms with van der Waals surface area (Å²) in [7, 11) is 1.68. The molecule has 0 aliphatic carbocycles. The van der Waals surface area contributed by atoms with Crippen molar-refractivity contribution in [3.63, 3.8) is 0 Å². The second kappa shape index (κ2) is 7.41. The zero-order valence-corrected chi connectivity index (χ0v) is 13.2. The minimum absolute atomic E-state index is 0.696. The van der Waals surface area contributed by atoms with E-state index < -0.39 is 0 Å². The van der Waals surface area contributed by atoms with E-state index in [1.54, 1.807) is 18.4 Å². The van der Waals surface area contributed by atoms with Crippen LogP contribution in [0, 0.1) is 5.92 Å². The van der Waals surface area contributed by atoms with Gasteiger partial charge in [-0.15, -0.1) is 11.3 Å². The van der Waals surface area contributed by atoms with E-state index in [2.05, 4.69) is 36.7 Å². The van der Waals surface area contributed by atoms with Gasteiger partial charge in [0.05, 0.1) is 17.8 Å². The summed E-state index contributed by atoms with van der Waals surface area (Å²) in [5.41, 5.74) is 2.19. The molecule has 4 heteroatoms. The fourth-order valence-corrected chi connectivity index (χ4v) is 2.71. The van der Waals surface area contributed by atoms with Gasteiger partial charge >= 0.3 is 0 Å². The third-order valence-electron chi connectivity index (χ3n) is 3.01. The molecule has 2 rings (SSSR count). The number of methoxy groups -OCH3 is 1. The van der Waals surface area contributed by atoms with Gasteiger partial charge in [-0.3, -0.25) is 0 Å². The molecule has 0 amide bonds. The van der Waals surface area contributed by atoms with E-state index in [1.807, 2.05) is 12.1 Å². The first-order valence-corrected chi connectivity index (χ1v) is 7.86. The Bertz CT molecular complexity index is 520. The van der Waals surface area contributed by atoms with Gasteiger partial charge in [0, 0.05) is 23.9 Å². The molecule has 0 bridgehead atoms. The lowest BCUT2D eigenvalue weighted by Gasteiger charge is -2.05. The van der Waals surface area contributed by atoms with E-state index in [0.29, 0.717) is 5.92 Å². The Labute approximate surface area is 125 Å². The van der Waals surface area contributed by atoms with Gasteiger partial charge in [-0.1, -0.05) is 13.8 Å². The van der Waals surface area contributed by atoms with E-state index >= 15 is 0 Å². The minimum Gasteiger partial charge on any atom is -0.497 e. The molecule has 1 aromatic carbocycles. The van der Waals surface area contributed by atoms with E-state index in [4.69, 9.17) is 9.72 Å². The van der Waals surface area contributed by atoms with Crippen LogP contribution in [0.3, 0.4) is 0 Å². The SMILES string of the molecule is COc1ccc(-c2csc(CCNCC(C)C)n2)cc1. The van der Waals surface area contributed by atoms with Crippen molar-refractivity contribution in [3.05, 3.63) is 34.7 Å². The van der Waals surface area contributed by atoms with Crippen LogP contribution in [0.4, 0.5) is 0 Å². The molecule has 0 radical (unpaired) electrons. The summed E-state index contributed by atoms with van der Waals surface area (Å²) >= 11 is 1.73. The molecule has 0 aliphatic rings. The van der Waals surface area contributed by atoms with Crippen LogP contribution in [-0.4, -0.2) is 25.2 Å². The smallest absolute Gasteiger partial charge is 0.118 e. The van der Waals surface area contributed by atoms with Gasteiger partial charge in [0.25, 0.3) is 0 Å². The van der Waals surface area contributed by atoms with Gasteiger partial charge in [0.2, 0.25) is 0 Å². The maximum Gasteiger partial charge on any atom is 0.118 e. The van der Waals surface area contributed by atoms with Crippen LogP contribution >= 0.6 is 11.3 Å². The molecule has 0 aliphatic heterocycles. The molecule has 0 spiro atoms. The molecule has 0 fully saturated rings. The topological polar surface area (TPSA) is 34.1 Å². The van der Waals surface area contributed by atoms with Crippen LogP contribution in [0.15, 0.2) is 29.6 Å². The molecule has 0 unspecified atom stereocenters. The number of nitrogens with zero attached hydrogens (tertiary/aromatic N) is 1. The summed E-state index contributed by atoms with van der Waals surface area (Å²) in [4.78, 5) is 4.69. The highest BCUT2D eigenvalue weighted by Gasteiger charge is 2.05. The fraction of sp³-hybridized carbons (Fsp3) is 0.438. The third kappa shape index (κ3) is 4.32. The molecule has 20 heavy (non-hydrogen) atoms. The molecular weight excluding hydrogens is 268 g/mol. The molecule has 1 heterocycles. The van der Waals surface area contributed by atoms with Gasteiger partial charge in [0.15, 0.2) is 0 Å². The average Bonchev–Trinajstić information content (AvgIpc) is 2.92. The number of benzene rings is 1. The van der Waals surface area contributed by atoms with Crippen LogP contribution in [0.25, 0.3) is 11.3 Å². The van der Waals surface area contributed by atoms with Crippen molar-refractivity contribution < 1.29 is 4.74 Å². The molecule has 0 atom stereocenters. The van der Waals surface area contributed by atoms with Crippen molar-refractivity contribution >= 4 is 11.3 Å². The second-order valence-corrected chi connectivity index (χ2v) is 6.15. The lowest BCUT2D eigenvalue weighted by Crippen LogP contribution is -2.22. The van der Waals surface area contributed by atoms with Crippen LogP contribution in [0.5, 0.6) is 5.75 Å². The first kappa shape index (κ1) is 15.0. The fourth-order valence-electron chi connectivity index (χ4n) is 1.91. The zero-order chi connectivity index (χ0) is 14.4. The molecular formula is C16H22N2OS. The van der Waals surface area contributed by atoms with Crippen molar-refractivity contribution in [2.75, 3.05) is 20.2 Å². The third-order valence-corrected chi connectivity index (χ3v) is 3.91. The largest absolute Gasteiger partial charge is 0.497 e. The summed E-state index contributed by atoms with van der Waals surface area (Å²) in [5, 5.41) is 6.76. The Morgan fingerprint density at radius 2 is 2.00 bits per heavy atom. The molecule has 1 N–H and O–H groups in total. The van der Waals surface area contributed by atoms with Gasteiger partial charge < -0.3 is 10.1 Å². The van der Waals surface area contributed by atoms with E-state index in [-0.39, 0.29) is 0 Å². The molecule has 0 saturated carbocycles. The quantitative estimate of drug-likeness (QED) is 0.791. The lowest BCUT2D eigenvalue weighted by atomic mass is 10.2. The highest BCUT2D eigenvalue weighted by molar-refractivity contribution is 7.09. The monoisotopic (exact) mass is 290 g/mol. The van der Waals surface area contributed by atoms with E-state index in [0.717, 1.165) is 36.5 Å². The van der Waals surface area contributed by atoms with Gasteiger partial charge in [0.1, 0.15) is 5.75 Å². The summed E-state index contributed by atoms with van der Waals surface area (Å²) in [6, 6.07) is 8.04. The molecule has 2 aromatic rings. The number of aromatic nitrogens is 1. The van der Waals surface area contributed by atoms with Crippen LogP contribution in [-0.2, 0) is 6.42 Å².